The number of aliphatic carboxylic acids is 1. The zero-order valence-electron chi connectivity index (χ0n) is 20.3. The van der Waals surface area contributed by atoms with Crippen LogP contribution in [0.2, 0.25) is 0 Å². The summed E-state index contributed by atoms with van der Waals surface area (Å²) in [6, 6.07) is 23.2. The van der Waals surface area contributed by atoms with Gasteiger partial charge >= 0.3 is 18.0 Å². The van der Waals surface area contributed by atoms with E-state index in [0.717, 1.165) is 27.8 Å². The molecule has 0 heterocycles. The Morgan fingerprint density at radius 2 is 1.42 bits per heavy atom. The number of rotatable bonds is 11. The van der Waals surface area contributed by atoms with E-state index in [1.165, 1.54) is 0 Å². The Morgan fingerprint density at radius 1 is 0.816 bits per heavy atom. The second kappa shape index (κ2) is 12.5. The normalized spacial score (nSPS) is 12.5. The molecule has 0 aliphatic heterocycles. The summed E-state index contributed by atoms with van der Waals surface area (Å²) in [6.45, 7) is -0.821. The number of nitrogens with one attached hydrogen (secondary N) is 2. The van der Waals surface area contributed by atoms with Gasteiger partial charge in [-0.1, -0.05) is 78.9 Å². The van der Waals surface area contributed by atoms with Gasteiger partial charge < -0.3 is 19.9 Å². The van der Waals surface area contributed by atoms with E-state index in [1.807, 2.05) is 60.1 Å². The summed E-state index contributed by atoms with van der Waals surface area (Å²) in [5, 5.41) is 11.1. The van der Waals surface area contributed by atoms with Crippen LogP contribution in [0.5, 0.6) is 0 Å². The molecule has 1 aliphatic carbocycles. The number of hydrogen-bond acceptors (Lipinski definition) is 7. The number of carboxylic acid groups (broad SMARTS) is 1. The minimum atomic E-state index is -1.43. The van der Waals surface area contributed by atoms with Gasteiger partial charge in [-0.2, -0.15) is 0 Å². The van der Waals surface area contributed by atoms with Crippen molar-refractivity contribution < 1.29 is 38.6 Å². The van der Waals surface area contributed by atoms with Crippen molar-refractivity contribution in [3.63, 3.8) is 0 Å². The molecule has 3 aromatic rings. The molecule has 38 heavy (non-hydrogen) atoms. The Labute approximate surface area is 218 Å². The molecule has 0 saturated heterocycles. The fourth-order valence-corrected chi connectivity index (χ4v) is 4.20. The second-order valence-corrected chi connectivity index (χ2v) is 8.52. The molecular formula is C28H26N2O8. The number of carbonyl (C=O) groups is 4. The SMILES string of the molecule is O=C(O)CONC(=O)[C@H](CC(=O)OCc1ccccc1)NC(=O)OCC1c2ccccc2-c2ccccc21. The molecule has 3 N–H and O–H groups in total. The molecule has 0 saturated carbocycles. The standard InChI is InChI=1S/C28H26N2O8/c31-25(32)17-38-30-27(34)24(14-26(33)36-15-18-8-2-1-3-9-18)29-28(35)37-16-23-21-12-6-4-10-19(21)20-11-5-7-13-22(20)23/h1-13,23-24H,14-17H2,(H,29,35)(H,30,34)(H,31,32)/t24-/m0/s1. The number of fused-ring (bicyclic) bond motifs is 3. The molecule has 10 heteroatoms. The van der Waals surface area contributed by atoms with Gasteiger partial charge in [0.25, 0.3) is 5.91 Å². The third kappa shape index (κ3) is 6.74. The van der Waals surface area contributed by atoms with Crippen molar-refractivity contribution in [2.45, 2.75) is 25.0 Å². The van der Waals surface area contributed by atoms with Gasteiger partial charge in [0.1, 0.15) is 19.3 Å². The average molecular weight is 519 g/mol. The first-order valence-corrected chi connectivity index (χ1v) is 11.9. The predicted octanol–water partition coefficient (Wildman–Crippen LogP) is 3.16. The number of benzene rings is 3. The Hall–Kier alpha value is -4.70. The van der Waals surface area contributed by atoms with Crippen LogP contribution < -0.4 is 10.8 Å². The second-order valence-electron chi connectivity index (χ2n) is 8.52. The zero-order chi connectivity index (χ0) is 26.9. The van der Waals surface area contributed by atoms with Gasteiger partial charge in [0.15, 0.2) is 6.61 Å². The highest BCUT2D eigenvalue weighted by molar-refractivity contribution is 5.89. The van der Waals surface area contributed by atoms with Crippen LogP contribution in [0.1, 0.15) is 29.0 Å². The minimum absolute atomic E-state index is 0.00215. The fraction of sp³-hybridized carbons (Fsp3) is 0.214. The smallest absolute Gasteiger partial charge is 0.407 e. The topological polar surface area (TPSA) is 140 Å². The van der Waals surface area contributed by atoms with Crippen molar-refractivity contribution in [2.24, 2.45) is 0 Å². The molecule has 0 radical (unpaired) electrons. The maximum absolute atomic E-state index is 12.7. The Morgan fingerprint density at radius 3 is 2.05 bits per heavy atom. The lowest BCUT2D eigenvalue weighted by Crippen LogP contribution is -2.48. The molecule has 1 atom stereocenters. The average Bonchev–Trinajstić information content (AvgIpc) is 3.24. The summed E-state index contributed by atoms with van der Waals surface area (Å²) in [5.41, 5.74) is 6.83. The molecule has 196 valence electrons. The lowest BCUT2D eigenvalue weighted by atomic mass is 9.98. The molecule has 0 spiro atoms. The van der Waals surface area contributed by atoms with Crippen LogP contribution in [0, 0.1) is 0 Å². The molecule has 0 bridgehead atoms. The summed E-state index contributed by atoms with van der Waals surface area (Å²) >= 11 is 0. The molecular weight excluding hydrogens is 492 g/mol. The van der Waals surface area contributed by atoms with Gasteiger partial charge in [0.2, 0.25) is 0 Å². The van der Waals surface area contributed by atoms with Crippen LogP contribution in [-0.4, -0.2) is 48.3 Å². The lowest BCUT2D eigenvalue weighted by Gasteiger charge is -2.19. The van der Waals surface area contributed by atoms with Crippen molar-refractivity contribution in [1.29, 1.82) is 0 Å². The van der Waals surface area contributed by atoms with Gasteiger partial charge in [0.05, 0.1) is 6.42 Å². The highest BCUT2D eigenvalue weighted by atomic mass is 16.7. The predicted molar refractivity (Wildman–Crippen MR) is 135 cm³/mol. The molecule has 3 aromatic carbocycles. The monoisotopic (exact) mass is 518 g/mol. The molecule has 10 nitrogen and oxygen atoms in total. The van der Waals surface area contributed by atoms with Gasteiger partial charge in [-0.15, -0.1) is 0 Å². The third-order valence-corrected chi connectivity index (χ3v) is 5.93. The van der Waals surface area contributed by atoms with Crippen LogP contribution in [0.3, 0.4) is 0 Å². The molecule has 2 amide bonds. The fourth-order valence-electron chi connectivity index (χ4n) is 4.20. The number of esters is 1. The minimum Gasteiger partial charge on any atom is -0.479 e. The molecule has 0 unspecified atom stereocenters. The van der Waals surface area contributed by atoms with Crippen molar-refractivity contribution in [2.75, 3.05) is 13.2 Å². The lowest BCUT2D eigenvalue weighted by molar-refractivity contribution is -0.153. The van der Waals surface area contributed by atoms with Crippen LogP contribution in [0.4, 0.5) is 4.79 Å². The van der Waals surface area contributed by atoms with Gasteiger partial charge in [0, 0.05) is 5.92 Å². The van der Waals surface area contributed by atoms with Crippen LogP contribution in [0.25, 0.3) is 11.1 Å². The van der Waals surface area contributed by atoms with Gasteiger partial charge in [-0.25, -0.2) is 15.1 Å². The first-order chi connectivity index (χ1) is 18.4. The third-order valence-electron chi connectivity index (χ3n) is 5.93. The molecule has 0 aromatic heterocycles. The van der Waals surface area contributed by atoms with E-state index in [0.29, 0.717) is 0 Å². The Bertz CT molecular complexity index is 1270. The first kappa shape index (κ1) is 26.4. The summed E-state index contributed by atoms with van der Waals surface area (Å²) in [5.74, 6) is -3.20. The number of hydrogen-bond donors (Lipinski definition) is 3. The van der Waals surface area contributed by atoms with Crippen molar-refractivity contribution in [1.82, 2.24) is 10.8 Å². The van der Waals surface area contributed by atoms with E-state index in [1.54, 1.807) is 24.3 Å². The summed E-state index contributed by atoms with van der Waals surface area (Å²) in [7, 11) is 0. The number of carboxylic acids is 1. The Kier molecular flexibility index (Phi) is 8.68. The highest BCUT2D eigenvalue weighted by Crippen LogP contribution is 2.44. The zero-order valence-corrected chi connectivity index (χ0v) is 20.3. The number of alkyl carbamates (subject to hydrolysis) is 1. The van der Waals surface area contributed by atoms with Crippen LogP contribution in [-0.2, 0) is 35.3 Å². The van der Waals surface area contributed by atoms with E-state index in [4.69, 9.17) is 14.6 Å². The number of hydroxylamine groups is 1. The molecule has 1 aliphatic rings. The van der Waals surface area contributed by atoms with Crippen molar-refractivity contribution in [3.05, 3.63) is 95.6 Å². The van der Waals surface area contributed by atoms with E-state index in [2.05, 4.69) is 10.2 Å². The van der Waals surface area contributed by atoms with Crippen molar-refractivity contribution >= 4 is 23.9 Å². The van der Waals surface area contributed by atoms with Crippen LogP contribution >= 0.6 is 0 Å². The number of carbonyl (C=O) groups excluding carboxylic acids is 3. The molecule has 4 rings (SSSR count). The summed E-state index contributed by atoms with van der Waals surface area (Å²) in [4.78, 5) is 52.9. The quantitative estimate of drug-likeness (QED) is 0.260. The summed E-state index contributed by atoms with van der Waals surface area (Å²) in [6.07, 6.45) is -1.46. The van der Waals surface area contributed by atoms with Gasteiger partial charge in [-0.3, -0.25) is 14.4 Å². The highest BCUT2D eigenvalue weighted by Gasteiger charge is 2.30. The van der Waals surface area contributed by atoms with E-state index >= 15 is 0 Å². The van der Waals surface area contributed by atoms with E-state index in [9.17, 15) is 19.2 Å². The maximum Gasteiger partial charge on any atom is 0.407 e. The summed E-state index contributed by atoms with van der Waals surface area (Å²) < 4.78 is 10.7. The maximum atomic E-state index is 12.7. The molecule has 0 fully saturated rings. The number of ether oxygens (including phenoxy) is 2. The largest absolute Gasteiger partial charge is 0.479 e. The van der Waals surface area contributed by atoms with Crippen LogP contribution in [0.15, 0.2) is 78.9 Å². The van der Waals surface area contributed by atoms with Crippen molar-refractivity contribution in [3.8, 4) is 11.1 Å². The van der Waals surface area contributed by atoms with E-state index < -0.39 is 43.0 Å². The first-order valence-electron chi connectivity index (χ1n) is 11.9. The van der Waals surface area contributed by atoms with Gasteiger partial charge in [-0.05, 0) is 27.8 Å². The Balaban J connectivity index is 1.38. The van der Waals surface area contributed by atoms with E-state index in [-0.39, 0.29) is 19.1 Å². The number of amides is 2.